The maximum absolute atomic E-state index is 9.68. The molecule has 0 bridgehead atoms. The van der Waals surface area contributed by atoms with Gasteiger partial charge in [0.25, 0.3) is 0 Å². The molecule has 1 N–H and O–H groups in total. The SMILES string of the molecule is CCCC.CCCO[P+](=O)O. The van der Waals surface area contributed by atoms with Gasteiger partial charge in [-0.2, -0.15) is 0 Å². The number of rotatable bonds is 4. The molecule has 0 aromatic carbocycles. The third-order valence-corrected chi connectivity index (χ3v) is 1.31. The Morgan fingerprint density at radius 2 is 1.64 bits per heavy atom. The molecule has 11 heavy (non-hydrogen) atoms. The van der Waals surface area contributed by atoms with Crippen molar-refractivity contribution in [2.24, 2.45) is 0 Å². The van der Waals surface area contributed by atoms with E-state index >= 15 is 0 Å². The van der Waals surface area contributed by atoms with Crippen LogP contribution in [0.25, 0.3) is 0 Å². The zero-order chi connectivity index (χ0) is 9.11. The maximum atomic E-state index is 9.68. The van der Waals surface area contributed by atoms with Gasteiger partial charge >= 0.3 is 8.25 Å². The van der Waals surface area contributed by atoms with Crippen LogP contribution in [0, 0.1) is 0 Å². The average Bonchev–Trinajstić information content (AvgIpc) is 2.01. The highest BCUT2D eigenvalue weighted by Gasteiger charge is 2.08. The van der Waals surface area contributed by atoms with Crippen molar-refractivity contribution in [1.29, 1.82) is 0 Å². The smallest absolute Gasteiger partial charge is 0.133 e. The summed E-state index contributed by atoms with van der Waals surface area (Å²) in [7, 11) is -2.36. The molecule has 0 aliphatic heterocycles. The van der Waals surface area contributed by atoms with Crippen LogP contribution < -0.4 is 0 Å². The average molecular weight is 181 g/mol. The summed E-state index contributed by atoms with van der Waals surface area (Å²) in [6.45, 7) is 6.60. The zero-order valence-corrected chi connectivity index (χ0v) is 8.43. The quantitative estimate of drug-likeness (QED) is 0.678. The van der Waals surface area contributed by atoms with Gasteiger partial charge in [-0.3, -0.25) is 0 Å². The Morgan fingerprint density at radius 1 is 1.18 bits per heavy atom. The van der Waals surface area contributed by atoms with Crippen LogP contribution in [0.3, 0.4) is 0 Å². The summed E-state index contributed by atoms with van der Waals surface area (Å²) in [5, 5.41) is 0. The van der Waals surface area contributed by atoms with E-state index in [0.29, 0.717) is 6.61 Å². The van der Waals surface area contributed by atoms with E-state index in [-0.39, 0.29) is 0 Å². The first-order valence-corrected chi connectivity index (χ1v) is 5.11. The Labute approximate surface area is 69.7 Å². The Balaban J connectivity index is 0. The predicted molar refractivity (Wildman–Crippen MR) is 46.7 cm³/mol. The molecule has 0 saturated heterocycles. The van der Waals surface area contributed by atoms with E-state index in [2.05, 4.69) is 18.4 Å². The predicted octanol–water partition coefficient (Wildman–Crippen LogP) is 2.87. The van der Waals surface area contributed by atoms with Gasteiger partial charge in [0, 0.05) is 4.57 Å². The molecule has 4 heteroatoms. The van der Waals surface area contributed by atoms with E-state index in [1.807, 2.05) is 6.92 Å². The summed E-state index contributed by atoms with van der Waals surface area (Å²) in [5.41, 5.74) is 0. The Bertz CT molecular complexity index is 83.8. The first-order valence-electron chi connectivity index (χ1n) is 3.98. The van der Waals surface area contributed by atoms with Crippen molar-refractivity contribution in [2.75, 3.05) is 6.61 Å². The van der Waals surface area contributed by atoms with Crippen molar-refractivity contribution in [3.63, 3.8) is 0 Å². The van der Waals surface area contributed by atoms with E-state index in [0.717, 1.165) is 6.42 Å². The highest BCUT2D eigenvalue weighted by atomic mass is 31.1. The minimum absolute atomic E-state index is 0.367. The molecule has 68 valence electrons. The van der Waals surface area contributed by atoms with Gasteiger partial charge < -0.3 is 0 Å². The fourth-order valence-electron chi connectivity index (χ4n) is 0.169. The fourth-order valence-corrected chi connectivity index (χ4v) is 0.508. The lowest BCUT2D eigenvalue weighted by Gasteiger charge is -1.76. The van der Waals surface area contributed by atoms with Gasteiger partial charge in [0.05, 0.1) is 0 Å². The zero-order valence-electron chi connectivity index (χ0n) is 7.54. The van der Waals surface area contributed by atoms with Gasteiger partial charge in [-0.05, 0) is 6.42 Å². The highest BCUT2D eigenvalue weighted by Crippen LogP contribution is 2.13. The van der Waals surface area contributed by atoms with Crippen LogP contribution in [0.4, 0.5) is 0 Å². The fraction of sp³-hybridized carbons (Fsp3) is 1.00. The molecule has 1 unspecified atom stereocenters. The number of hydrogen-bond acceptors (Lipinski definition) is 2. The molecule has 0 aliphatic carbocycles. The molecular weight excluding hydrogens is 163 g/mol. The standard InChI is InChI=1S/C4H10.C3H7O3P/c1-3-4-2;1-2-3-6-7(4)5/h3-4H2,1-2H3;2-3H2,1H3/p+1. The molecular formula is C7H18O3P+. The van der Waals surface area contributed by atoms with Crippen molar-refractivity contribution in [3.05, 3.63) is 0 Å². The van der Waals surface area contributed by atoms with E-state index in [9.17, 15) is 4.57 Å². The molecule has 0 aliphatic rings. The molecule has 0 fully saturated rings. The third-order valence-electron chi connectivity index (χ3n) is 0.906. The monoisotopic (exact) mass is 181 g/mol. The van der Waals surface area contributed by atoms with E-state index in [1.54, 1.807) is 0 Å². The second-order valence-corrected chi connectivity index (χ2v) is 2.80. The first kappa shape index (κ1) is 13.6. The molecule has 0 aromatic rings. The van der Waals surface area contributed by atoms with Crippen LogP contribution in [0.1, 0.15) is 40.0 Å². The maximum Gasteiger partial charge on any atom is 0.694 e. The van der Waals surface area contributed by atoms with Crippen molar-refractivity contribution < 1.29 is 14.0 Å². The molecule has 1 atom stereocenters. The Morgan fingerprint density at radius 3 is 1.73 bits per heavy atom. The molecule has 0 radical (unpaired) electrons. The summed E-state index contributed by atoms with van der Waals surface area (Å²) in [6.07, 6.45) is 3.42. The second kappa shape index (κ2) is 12.7. The number of hydrogen-bond donors (Lipinski definition) is 1. The molecule has 0 amide bonds. The summed E-state index contributed by atoms with van der Waals surface area (Å²) < 4.78 is 13.9. The summed E-state index contributed by atoms with van der Waals surface area (Å²) in [6, 6.07) is 0. The van der Waals surface area contributed by atoms with Crippen molar-refractivity contribution in [2.45, 2.75) is 40.0 Å². The summed E-state index contributed by atoms with van der Waals surface area (Å²) >= 11 is 0. The van der Waals surface area contributed by atoms with Gasteiger partial charge in [0.15, 0.2) is 0 Å². The molecule has 0 spiro atoms. The molecule has 0 rings (SSSR count). The van der Waals surface area contributed by atoms with Crippen molar-refractivity contribution >= 4 is 8.25 Å². The molecule has 0 heterocycles. The van der Waals surface area contributed by atoms with Crippen LogP contribution >= 0.6 is 8.25 Å². The lowest BCUT2D eigenvalue weighted by atomic mass is 10.4. The minimum Gasteiger partial charge on any atom is -0.133 e. The molecule has 0 saturated carbocycles. The van der Waals surface area contributed by atoms with E-state index in [4.69, 9.17) is 4.89 Å². The van der Waals surface area contributed by atoms with Crippen LogP contribution in [0.2, 0.25) is 0 Å². The van der Waals surface area contributed by atoms with Crippen LogP contribution in [-0.4, -0.2) is 11.5 Å². The Hall–Kier alpha value is 0.0200. The van der Waals surface area contributed by atoms with Gasteiger partial charge in [-0.15, -0.1) is 9.42 Å². The first-order chi connectivity index (χ1) is 5.18. The van der Waals surface area contributed by atoms with Crippen LogP contribution in [0.15, 0.2) is 0 Å². The van der Waals surface area contributed by atoms with Crippen LogP contribution in [-0.2, 0) is 9.09 Å². The Kier molecular flexibility index (Phi) is 15.7. The van der Waals surface area contributed by atoms with E-state index < -0.39 is 8.25 Å². The highest BCUT2D eigenvalue weighted by molar-refractivity contribution is 7.32. The summed E-state index contributed by atoms with van der Waals surface area (Å²) in [4.78, 5) is 7.97. The lowest BCUT2D eigenvalue weighted by molar-refractivity contribution is 0.282. The van der Waals surface area contributed by atoms with Gasteiger partial charge in [0.1, 0.15) is 6.61 Å². The van der Waals surface area contributed by atoms with E-state index in [1.165, 1.54) is 12.8 Å². The number of unbranched alkanes of at least 4 members (excludes halogenated alkanes) is 1. The molecule has 0 aromatic heterocycles. The van der Waals surface area contributed by atoms with Crippen molar-refractivity contribution in [3.8, 4) is 0 Å². The normalized spacial score (nSPS) is 10.0. The van der Waals surface area contributed by atoms with Crippen LogP contribution in [0.5, 0.6) is 0 Å². The van der Waals surface area contributed by atoms with Gasteiger partial charge in [0.2, 0.25) is 0 Å². The van der Waals surface area contributed by atoms with Gasteiger partial charge in [-0.25, -0.2) is 0 Å². The van der Waals surface area contributed by atoms with Crippen molar-refractivity contribution in [1.82, 2.24) is 0 Å². The lowest BCUT2D eigenvalue weighted by Crippen LogP contribution is -1.79. The topological polar surface area (TPSA) is 46.5 Å². The van der Waals surface area contributed by atoms with Gasteiger partial charge in [-0.1, -0.05) is 33.6 Å². The largest absolute Gasteiger partial charge is 0.694 e. The third kappa shape index (κ3) is 25.6. The minimum atomic E-state index is -2.36. The second-order valence-electron chi connectivity index (χ2n) is 2.07. The summed E-state index contributed by atoms with van der Waals surface area (Å²) in [5.74, 6) is 0. The molecule has 3 nitrogen and oxygen atoms in total.